The molecule has 104 valence electrons. The van der Waals surface area contributed by atoms with Crippen molar-refractivity contribution in [3.8, 4) is 0 Å². The van der Waals surface area contributed by atoms with Crippen LogP contribution in [0.1, 0.15) is 24.1 Å². The molecule has 3 rings (SSSR count). The van der Waals surface area contributed by atoms with E-state index in [1.807, 2.05) is 13.0 Å². The lowest BCUT2D eigenvalue weighted by Gasteiger charge is -2.18. The fourth-order valence-electron chi connectivity index (χ4n) is 2.50. The maximum absolute atomic E-state index is 4.64. The zero-order valence-corrected chi connectivity index (χ0v) is 11.7. The molecule has 0 radical (unpaired) electrons. The quantitative estimate of drug-likeness (QED) is 0.923. The third kappa shape index (κ3) is 3.04. The smallest absolute Gasteiger partial charge is 0.222 e. The van der Waals surface area contributed by atoms with Crippen LogP contribution in [0.15, 0.2) is 30.6 Å². The Kier molecular flexibility index (Phi) is 3.76. The first kappa shape index (κ1) is 12.8. The molecule has 0 aromatic carbocycles. The molecule has 1 N–H and O–H groups in total. The second-order valence-electron chi connectivity index (χ2n) is 5.10. The van der Waals surface area contributed by atoms with Crippen LogP contribution in [0, 0.1) is 6.92 Å². The molecule has 5 heteroatoms. The molecule has 5 nitrogen and oxygen atoms in total. The van der Waals surface area contributed by atoms with E-state index in [9.17, 15) is 0 Å². The van der Waals surface area contributed by atoms with Crippen LogP contribution in [0.5, 0.6) is 0 Å². The topological polar surface area (TPSA) is 53.9 Å². The Balaban J connectivity index is 1.72. The van der Waals surface area contributed by atoms with Crippen molar-refractivity contribution in [3.05, 3.63) is 41.9 Å². The molecule has 1 aliphatic heterocycles. The summed E-state index contributed by atoms with van der Waals surface area (Å²) in [6.45, 7) is 4.99. The highest BCUT2D eigenvalue weighted by molar-refractivity contribution is 5.44. The normalized spacial score (nSPS) is 14.6. The monoisotopic (exact) mass is 269 g/mol. The zero-order chi connectivity index (χ0) is 13.8. The van der Waals surface area contributed by atoms with E-state index in [1.54, 1.807) is 12.4 Å². The van der Waals surface area contributed by atoms with Gasteiger partial charge in [0.25, 0.3) is 0 Å². The Morgan fingerprint density at radius 1 is 1.15 bits per heavy atom. The minimum atomic E-state index is 0.657. The number of aryl methyl sites for hydroxylation is 1. The van der Waals surface area contributed by atoms with Crippen molar-refractivity contribution >= 4 is 11.8 Å². The summed E-state index contributed by atoms with van der Waals surface area (Å²) in [5.74, 6) is 1.75. The Bertz CT molecular complexity index is 564. The van der Waals surface area contributed by atoms with Crippen molar-refractivity contribution in [2.45, 2.75) is 26.3 Å². The summed E-state index contributed by atoms with van der Waals surface area (Å²) in [6.07, 6.45) is 6.01. The third-order valence-corrected chi connectivity index (χ3v) is 3.45. The molecule has 2 aromatic heterocycles. The van der Waals surface area contributed by atoms with E-state index < -0.39 is 0 Å². The molecule has 20 heavy (non-hydrogen) atoms. The summed E-state index contributed by atoms with van der Waals surface area (Å²) in [5, 5.41) is 3.24. The lowest BCUT2D eigenvalue weighted by Crippen LogP contribution is -2.19. The molecule has 0 aliphatic carbocycles. The maximum Gasteiger partial charge on any atom is 0.222 e. The largest absolute Gasteiger partial charge is 0.357 e. The van der Waals surface area contributed by atoms with Gasteiger partial charge in [-0.05, 0) is 43.5 Å². The molecule has 0 spiro atoms. The van der Waals surface area contributed by atoms with Crippen molar-refractivity contribution < 1.29 is 0 Å². The van der Waals surface area contributed by atoms with Crippen LogP contribution < -0.4 is 10.2 Å². The van der Waals surface area contributed by atoms with Gasteiger partial charge in [-0.1, -0.05) is 0 Å². The standard InChI is InChI=1S/C15H19N5/c1-12-9-13(11-18-15-16-5-4-6-17-15)10-14(19-12)20-7-2-3-8-20/h4-6,9-10H,2-3,7-8,11H2,1H3,(H,16,17,18). The minimum Gasteiger partial charge on any atom is -0.357 e. The molecule has 0 saturated carbocycles. The van der Waals surface area contributed by atoms with Gasteiger partial charge in [-0.15, -0.1) is 0 Å². The Labute approximate surface area is 119 Å². The molecule has 1 aliphatic rings. The van der Waals surface area contributed by atoms with Gasteiger partial charge < -0.3 is 10.2 Å². The number of anilines is 2. The third-order valence-electron chi connectivity index (χ3n) is 3.45. The number of aromatic nitrogens is 3. The zero-order valence-electron chi connectivity index (χ0n) is 11.7. The Morgan fingerprint density at radius 3 is 2.65 bits per heavy atom. The van der Waals surface area contributed by atoms with Crippen LogP contribution >= 0.6 is 0 Å². The second kappa shape index (κ2) is 5.86. The number of nitrogens with one attached hydrogen (secondary N) is 1. The molecule has 2 aromatic rings. The number of hydrogen-bond donors (Lipinski definition) is 1. The Hall–Kier alpha value is -2.17. The summed E-state index contributed by atoms with van der Waals surface area (Å²) >= 11 is 0. The van der Waals surface area contributed by atoms with Crippen LogP contribution in [0.2, 0.25) is 0 Å². The van der Waals surface area contributed by atoms with E-state index in [0.29, 0.717) is 12.5 Å². The summed E-state index contributed by atoms with van der Waals surface area (Å²) < 4.78 is 0. The molecule has 0 unspecified atom stereocenters. The van der Waals surface area contributed by atoms with E-state index in [0.717, 1.165) is 24.6 Å². The predicted molar refractivity (Wildman–Crippen MR) is 79.8 cm³/mol. The summed E-state index contributed by atoms with van der Waals surface area (Å²) in [5.41, 5.74) is 2.27. The number of hydrogen-bond acceptors (Lipinski definition) is 5. The minimum absolute atomic E-state index is 0.657. The van der Waals surface area contributed by atoms with Gasteiger partial charge in [-0.25, -0.2) is 15.0 Å². The molecule has 0 amide bonds. The van der Waals surface area contributed by atoms with Crippen LogP contribution in [0.3, 0.4) is 0 Å². The van der Waals surface area contributed by atoms with E-state index in [1.165, 1.54) is 18.4 Å². The van der Waals surface area contributed by atoms with Crippen molar-refractivity contribution in [1.82, 2.24) is 15.0 Å². The van der Waals surface area contributed by atoms with Gasteiger partial charge in [-0.2, -0.15) is 0 Å². The summed E-state index contributed by atoms with van der Waals surface area (Å²) in [7, 11) is 0. The van der Waals surface area contributed by atoms with Gasteiger partial charge in [0, 0.05) is 37.7 Å². The molecule has 0 atom stereocenters. The average Bonchev–Trinajstić information content (AvgIpc) is 3.00. The molecule has 1 fully saturated rings. The molecule has 1 saturated heterocycles. The first-order valence-corrected chi connectivity index (χ1v) is 7.05. The average molecular weight is 269 g/mol. The van der Waals surface area contributed by atoms with Gasteiger partial charge >= 0.3 is 0 Å². The first-order valence-electron chi connectivity index (χ1n) is 7.05. The summed E-state index contributed by atoms with van der Waals surface area (Å²) in [4.78, 5) is 15.3. The van der Waals surface area contributed by atoms with Crippen LogP contribution in [-0.2, 0) is 6.54 Å². The van der Waals surface area contributed by atoms with Crippen LogP contribution in [-0.4, -0.2) is 28.0 Å². The second-order valence-corrected chi connectivity index (χ2v) is 5.10. The fraction of sp³-hybridized carbons (Fsp3) is 0.400. The Morgan fingerprint density at radius 2 is 1.90 bits per heavy atom. The van der Waals surface area contributed by atoms with Crippen LogP contribution in [0.25, 0.3) is 0 Å². The van der Waals surface area contributed by atoms with E-state index in [2.05, 4.69) is 37.3 Å². The highest BCUT2D eigenvalue weighted by Gasteiger charge is 2.14. The van der Waals surface area contributed by atoms with Crippen molar-refractivity contribution in [2.75, 3.05) is 23.3 Å². The number of pyridine rings is 1. The number of rotatable bonds is 4. The fourth-order valence-corrected chi connectivity index (χ4v) is 2.50. The predicted octanol–water partition coefficient (Wildman–Crippen LogP) is 2.39. The molecule has 0 bridgehead atoms. The molecular formula is C15H19N5. The van der Waals surface area contributed by atoms with Crippen molar-refractivity contribution in [2.24, 2.45) is 0 Å². The SMILES string of the molecule is Cc1cc(CNc2ncccn2)cc(N2CCCC2)n1. The van der Waals surface area contributed by atoms with E-state index in [4.69, 9.17) is 0 Å². The van der Waals surface area contributed by atoms with Gasteiger partial charge in [0.2, 0.25) is 5.95 Å². The van der Waals surface area contributed by atoms with E-state index in [-0.39, 0.29) is 0 Å². The van der Waals surface area contributed by atoms with Gasteiger partial charge in [0.1, 0.15) is 5.82 Å². The molecular weight excluding hydrogens is 250 g/mol. The lowest BCUT2D eigenvalue weighted by atomic mass is 10.2. The number of nitrogens with zero attached hydrogens (tertiary/aromatic N) is 4. The van der Waals surface area contributed by atoms with Crippen molar-refractivity contribution in [3.63, 3.8) is 0 Å². The van der Waals surface area contributed by atoms with Crippen molar-refractivity contribution in [1.29, 1.82) is 0 Å². The lowest BCUT2D eigenvalue weighted by molar-refractivity contribution is 0.921. The van der Waals surface area contributed by atoms with Crippen LogP contribution in [0.4, 0.5) is 11.8 Å². The van der Waals surface area contributed by atoms with Gasteiger partial charge in [0.15, 0.2) is 0 Å². The highest BCUT2D eigenvalue weighted by atomic mass is 15.2. The summed E-state index contributed by atoms with van der Waals surface area (Å²) in [6, 6.07) is 6.08. The molecule has 3 heterocycles. The van der Waals surface area contributed by atoms with E-state index >= 15 is 0 Å². The maximum atomic E-state index is 4.64. The van der Waals surface area contributed by atoms with Gasteiger partial charge in [-0.3, -0.25) is 0 Å². The van der Waals surface area contributed by atoms with Gasteiger partial charge in [0.05, 0.1) is 0 Å². The first-order chi connectivity index (χ1) is 9.81. The highest BCUT2D eigenvalue weighted by Crippen LogP contribution is 2.20.